The molecule has 1 aromatic heterocycles. The average Bonchev–Trinajstić information content (AvgIpc) is 2.27. The van der Waals surface area contributed by atoms with Crippen molar-refractivity contribution in [2.24, 2.45) is 0 Å². The maximum absolute atomic E-state index is 10.9. The molecule has 0 saturated heterocycles. The molecule has 1 N–H and O–H groups in total. The molecule has 82 valence electrons. The molecule has 0 spiro atoms. The van der Waals surface area contributed by atoms with E-state index in [1.807, 2.05) is 24.3 Å². The topological polar surface area (TPSA) is 51.2 Å². The number of benzene rings is 1. The van der Waals surface area contributed by atoms with E-state index in [4.69, 9.17) is 4.74 Å². The van der Waals surface area contributed by atoms with Gasteiger partial charge in [0.2, 0.25) is 5.91 Å². The van der Waals surface area contributed by atoms with Gasteiger partial charge in [-0.15, -0.1) is 0 Å². The molecule has 0 aliphatic carbocycles. The van der Waals surface area contributed by atoms with Crippen LogP contribution in [0.25, 0.3) is 10.9 Å². The summed E-state index contributed by atoms with van der Waals surface area (Å²) in [6, 6.07) is 9.32. The van der Waals surface area contributed by atoms with Crippen LogP contribution < -0.4 is 10.1 Å². The highest BCUT2D eigenvalue weighted by atomic mass is 16.5. The first kappa shape index (κ1) is 10.4. The summed E-state index contributed by atoms with van der Waals surface area (Å²) in [5.41, 5.74) is 0.797. The van der Waals surface area contributed by atoms with Gasteiger partial charge in [0.05, 0.1) is 12.6 Å². The lowest BCUT2D eigenvalue weighted by molar-refractivity contribution is -0.114. The van der Waals surface area contributed by atoms with E-state index in [2.05, 4.69) is 10.3 Å². The molecule has 0 aliphatic rings. The van der Waals surface area contributed by atoms with Crippen LogP contribution in [0.2, 0.25) is 0 Å². The van der Waals surface area contributed by atoms with Gasteiger partial charge in [-0.1, -0.05) is 0 Å². The number of fused-ring (bicyclic) bond motifs is 1. The summed E-state index contributed by atoms with van der Waals surface area (Å²) < 4.78 is 5.12. The molecule has 1 heterocycles. The van der Waals surface area contributed by atoms with E-state index in [0.717, 1.165) is 16.7 Å². The molecule has 2 rings (SSSR count). The molecule has 0 radical (unpaired) electrons. The van der Waals surface area contributed by atoms with Crippen LogP contribution in [0.3, 0.4) is 0 Å². The number of hydrogen-bond donors (Lipinski definition) is 1. The van der Waals surface area contributed by atoms with Gasteiger partial charge >= 0.3 is 0 Å². The molecule has 1 aromatic carbocycles. The van der Waals surface area contributed by atoms with Gasteiger partial charge in [0.25, 0.3) is 0 Å². The van der Waals surface area contributed by atoms with Crippen LogP contribution in [0.15, 0.2) is 30.3 Å². The summed E-state index contributed by atoms with van der Waals surface area (Å²) in [5.74, 6) is 1.17. The minimum atomic E-state index is -0.130. The molecule has 1 amide bonds. The predicted octanol–water partition coefficient (Wildman–Crippen LogP) is 2.20. The van der Waals surface area contributed by atoms with E-state index >= 15 is 0 Å². The lowest BCUT2D eigenvalue weighted by Gasteiger charge is -2.04. The molecular weight excluding hydrogens is 204 g/mol. The lowest BCUT2D eigenvalue weighted by atomic mass is 10.2. The van der Waals surface area contributed by atoms with Gasteiger partial charge in [-0.25, -0.2) is 4.98 Å². The molecule has 2 aromatic rings. The molecular formula is C12H12N2O2. The van der Waals surface area contributed by atoms with Crippen molar-refractivity contribution in [3.63, 3.8) is 0 Å². The number of amides is 1. The fraction of sp³-hybridized carbons (Fsp3) is 0.167. The number of ether oxygens (including phenoxy) is 1. The normalized spacial score (nSPS) is 10.1. The number of nitrogens with zero attached hydrogens (tertiary/aromatic N) is 1. The number of rotatable bonds is 2. The second-order valence-electron chi connectivity index (χ2n) is 3.44. The number of carbonyl (C=O) groups is 1. The van der Waals surface area contributed by atoms with Crippen molar-refractivity contribution in [1.82, 2.24) is 4.98 Å². The van der Waals surface area contributed by atoms with Crippen LogP contribution in [-0.4, -0.2) is 18.0 Å². The molecule has 0 atom stereocenters. The highest BCUT2D eigenvalue weighted by molar-refractivity contribution is 5.90. The van der Waals surface area contributed by atoms with Crippen LogP contribution in [-0.2, 0) is 4.79 Å². The summed E-state index contributed by atoms with van der Waals surface area (Å²) in [6.45, 7) is 1.46. The molecule has 0 bridgehead atoms. The Labute approximate surface area is 93.3 Å². The number of methoxy groups -OCH3 is 1. The maximum Gasteiger partial charge on any atom is 0.222 e. The molecule has 4 nitrogen and oxygen atoms in total. The smallest absolute Gasteiger partial charge is 0.222 e. The first-order chi connectivity index (χ1) is 7.69. The summed E-state index contributed by atoms with van der Waals surface area (Å²) in [4.78, 5) is 15.2. The minimum absolute atomic E-state index is 0.130. The summed E-state index contributed by atoms with van der Waals surface area (Å²) in [5, 5.41) is 3.65. The predicted molar refractivity (Wildman–Crippen MR) is 62.6 cm³/mol. The third-order valence-electron chi connectivity index (χ3n) is 2.20. The number of pyridine rings is 1. The summed E-state index contributed by atoms with van der Waals surface area (Å²) >= 11 is 0. The van der Waals surface area contributed by atoms with Crippen LogP contribution in [0.1, 0.15) is 6.92 Å². The van der Waals surface area contributed by atoms with Crippen molar-refractivity contribution in [1.29, 1.82) is 0 Å². The zero-order valence-corrected chi connectivity index (χ0v) is 9.15. The van der Waals surface area contributed by atoms with Gasteiger partial charge in [0.15, 0.2) is 0 Å². The van der Waals surface area contributed by atoms with Gasteiger partial charge in [-0.3, -0.25) is 4.79 Å². The molecule has 0 aliphatic heterocycles. The van der Waals surface area contributed by atoms with E-state index < -0.39 is 0 Å². The SMILES string of the molecule is COc1ccc2ccc(NC(C)=O)nc2c1. The molecule has 4 heteroatoms. The van der Waals surface area contributed by atoms with Gasteiger partial charge in [0.1, 0.15) is 11.6 Å². The third kappa shape index (κ3) is 2.11. The van der Waals surface area contributed by atoms with Crippen molar-refractivity contribution in [2.75, 3.05) is 12.4 Å². The first-order valence-electron chi connectivity index (χ1n) is 4.91. The van der Waals surface area contributed by atoms with Gasteiger partial charge in [-0.2, -0.15) is 0 Å². The van der Waals surface area contributed by atoms with Crippen LogP contribution >= 0.6 is 0 Å². The second kappa shape index (κ2) is 4.18. The lowest BCUT2D eigenvalue weighted by Crippen LogP contribution is -2.07. The Bertz CT molecular complexity index is 538. The Morgan fingerprint density at radius 2 is 2.06 bits per heavy atom. The zero-order chi connectivity index (χ0) is 11.5. The van der Waals surface area contributed by atoms with Crippen molar-refractivity contribution in [3.8, 4) is 5.75 Å². The number of nitrogens with one attached hydrogen (secondary N) is 1. The van der Waals surface area contributed by atoms with Crippen LogP contribution in [0.4, 0.5) is 5.82 Å². The first-order valence-corrected chi connectivity index (χ1v) is 4.91. The van der Waals surface area contributed by atoms with E-state index in [9.17, 15) is 4.79 Å². The molecule has 0 saturated carbocycles. The van der Waals surface area contributed by atoms with Gasteiger partial charge in [-0.05, 0) is 24.3 Å². The van der Waals surface area contributed by atoms with Crippen molar-refractivity contribution < 1.29 is 9.53 Å². The maximum atomic E-state index is 10.9. The van der Waals surface area contributed by atoms with Crippen molar-refractivity contribution in [2.45, 2.75) is 6.92 Å². The van der Waals surface area contributed by atoms with E-state index in [0.29, 0.717) is 5.82 Å². The second-order valence-corrected chi connectivity index (χ2v) is 3.44. The number of anilines is 1. The Morgan fingerprint density at radius 3 is 2.75 bits per heavy atom. The number of hydrogen-bond acceptors (Lipinski definition) is 3. The largest absolute Gasteiger partial charge is 0.497 e. The monoisotopic (exact) mass is 216 g/mol. The fourth-order valence-electron chi connectivity index (χ4n) is 1.47. The Hall–Kier alpha value is -2.10. The van der Waals surface area contributed by atoms with E-state index in [1.165, 1.54) is 6.92 Å². The third-order valence-corrected chi connectivity index (χ3v) is 2.20. The zero-order valence-electron chi connectivity index (χ0n) is 9.15. The molecule has 0 fully saturated rings. The minimum Gasteiger partial charge on any atom is -0.497 e. The van der Waals surface area contributed by atoms with Gasteiger partial charge in [0, 0.05) is 18.4 Å². The fourth-order valence-corrected chi connectivity index (χ4v) is 1.47. The highest BCUT2D eigenvalue weighted by Crippen LogP contribution is 2.20. The Morgan fingerprint density at radius 1 is 1.31 bits per heavy atom. The van der Waals surface area contributed by atoms with Crippen molar-refractivity contribution in [3.05, 3.63) is 30.3 Å². The molecule has 0 unspecified atom stereocenters. The summed E-state index contributed by atoms with van der Waals surface area (Å²) in [6.07, 6.45) is 0. The van der Waals surface area contributed by atoms with Gasteiger partial charge < -0.3 is 10.1 Å². The summed E-state index contributed by atoms with van der Waals surface area (Å²) in [7, 11) is 1.61. The van der Waals surface area contributed by atoms with E-state index in [1.54, 1.807) is 13.2 Å². The quantitative estimate of drug-likeness (QED) is 0.837. The van der Waals surface area contributed by atoms with Crippen molar-refractivity contribution >= 4 is 22.6 Å². The average molecular weight is 216 g/mol. The Balaban J connectivity index is 2.46. The number of carbonyl (C=O) groups excluding carboxylic acids is 1. The highest BCUT2D eigenvalue weighted by Gasteiger charge is 2.01. The molecule has 16 heavy (non-hydrogen) atoms. The van der Waals surface area contributed by atoms with Crippen LogP contribution in [0.5, 0.6) is 5.75 Å². The van der Waals surface area contributed by atoms with Crippen LogP contribution in [0, 0.1) is 0 Å². The number of aromatic nitrogens is 1. The van der Waals surface area contributed by atoms with E-state index in [-0.39, 0.29) is 5.91 Å². The standard InChI is InChI=1S/C12H12N2O2/c1-8(15)13-12-6-4-9-3-5-10(16-2)7-11(9)14-12/h3-7H,1-2H3,(H,13,14,15). The Kier molecular flexibility index (Phi) is 2.72.